The number of aromatic nitrogens is 4. The molecule has 0 unspecified atom stereocenters. The second-order valence-electron chi connectivity index (χ2n) is 11.6. The van der Waals surface area contributed by atoms with Crippen molar-refractivity contribution in [1.82, 2.24) is 19.2 Å². The van der Waals surface area contributed by atoms with Crippen molar-refractivity contribution in [3.05, 3.63) is 65.9 Å². The summed E-state index contributed by atoms with van der Waals surface area (Å²) in [4.78, 5) is 19.9. The van der Waals surface area contributed by atoms with Gasteiger partial charge in [0.1, 0.15) is 11.4 Å². The quantitative estimate of drug-likeness (QED) is 0.363. The van der Waals surface area contributed by atoms with Crippen molar-refractivity contribution in [3.8, 4) is 11.1 Å². The summed E-state index contributed by atoms with van der Waals surface area (Å²) in [6, 6.07) is 5.33. The molecule has 204 valence electrons. The minimum atomic E-state index is -0.767. The predicted octanol–water partition coefficient (Wildman–Crippen LogP) is 5.55. The van der Waals surface area contributed by atoms with Crippen molar-refractivity contribution >= 4 is 22.9 Å². The van der Waals surface area contributed by atoms with Gasteiger partial charge in [-0.25, -0.2) is 14.1 Å². The number of anilines is 2. The molecule has 6 rings (SSSR count). The average molecular weight is 535 g/mol. The predicted molar refractivity (Wildman–Crippen MR) is 145 cm³/mol. The lowest BCUT2D eigenvalue weighted by molar-refractivity contribution is -0.000824. The van der Waals surface area contributed by atoms with Crippen LogP contribution in [0.1, 0.15) is 56.5 Å². The van der Waals surface area contributed by atoms with Crippen molar-refractivity contribution in [1.29, 1.82) is 0 Å². The number of morpholine rings is 1. The number of ether oxygens (including phenoxy) is 1. The fraction of sp³-hybridized carbons (Fsp3) is 0.414. The topological polar surface area (TPSA) is 76.7 Å². The van der Waals surface area contributed by atoms with Gasteiger partial charge < -0.3 is 19.4 Å². The van der Waals surface area contributed by atoms with Gasteiger partial charge in [-0.15, -0.1) is 0 Å². The number of pyridine rings is 1. The number of amides is 1. The van der Waals surface area contributed by atoms with Crippen LogP contribution in [0.15, 0.2) is 43.0 Å². The van der Waals surface area contributed by atoms with Gasteiger partial charge in [0.05, 0.1) is 41.4 Å². The number of hydrogen-bond acceptors (Lipinski definition) is 5. The first kappa shape index (κ1) is 25.5. The average Bonchev–Trinajstić information content (AvgIpc) is 3.67. The number of hydrogen-bond donors (Lipinski definition) is 1. The molecule has 2 fully saturated rings. The standard InChI is InChI=1S/C29H32F2N6O2/c1-6-29-12-19(15-39-29)36(16-29)24-10-18(14-35-8-7-32-26(24)35)20-11-23(22(30)9-17(20)2)34-27(38)21-13-33-37(25(21)31)28(3,4)5/h7-11,13-14,19H,6,12,15-16H2,1-5H3,(H,34,38)/t19-,29-/m1/s1. The van der Waals surface area contributed by atoms with Gasteiger partial charge >= 0.3 is 0 Å². The Bertz CT molecular complexity index is 1600. The molecule has 3 aromatic heterocycles. The third kappa shape index (κ3) is 4.17. The maximum absolute atomic E-state index is 15.1. The Labute approximate surface area is 225 Å². The third-order valence-corrected chi connectivity index (χ3v) is 7.97. The van der Waals surface area contributed by atoms with Crippen LogP contribution in [0.5, 0.6) is 0 Å². The first-order chi connectivity index (χ1) is 18.5. The van der Waals surface area contributed by atoms with Crippen molar-refractivity contribution in [3.63, 3.8) is 0 Å². The smallest absolute Gasteiger partial charge is 0.262 e. The van der Waals surface area contributed by atoms with Crippen molar-refractivity contribution in [2.24, 2.45) is 0 Å². The van der Waals surface area contributed by atoms with Crippen LogP contribution in [0.4, 0.5) is 20.2 Å². The molecule has 0 spiro atoms. The highest BCUT2D eigenvalue weighted by atomic mass is 19.1. The fourth-order valence-electron chi connectivity index (χ4n) is 5.81. The van der Waals surface area contributed by atoms with E-state index in [-0.39, 0.29) is 22.9 Å². The van der Waals surface area contributed by atoms with Crippen LogP contribution in [0, 0.1) is 18.7 Å². The lowest BCUT2D eigenvalue weighted by atomic mass is 9.99. The number of halogens is 2. The van der Waals surface area contributed by atoms with E-state index in [1.54, 1.807) is 33.0 Å². The molecule has 2 bridgehead atoms. The van der Waals surface area contributed by atoms with Gasteiger partial charge in [0.25, 0.3) is 5.91 Å². The number of fused-ring (bicyclic) bond motifs is 3. The molecule has 2 aliphatic rings. The van der Waals surface area contributed by atoms with Crippen molar-refractivity contribution < 1.29 is 18.3 Å². The van der Waals surface area contributed by atoms with E-state index in [9.17, 15) is 9.18 Å². The zero-order valence-corrected chi connectivity index (χ0v) is 22.8. The Hall–Kier alpha value is -3.79. The van der Waals surface area contributed by atoms with Crippen LogP contribution in [-0.2, 0) is 10.3 Å². The molecule has 1 aromatic carbocycles. The molecule has 0 radical (unpaired) electrons. The van der Waals surface area contributed by atoms with Crippen molar-refractivity contribution in [2.45, 2.75) is 64.6 Å². The molecule has 2 saturated heterocycles. The van der Waals surface area contributed by atoms with E-state index in [1.807, 2.05) is 23.7 Å². The molecule has 2 aliphatic heterocycles. The molecule has 5 heterocycles. The monoisotopic (exact) mass is 534 g/mol. The Morgan fingerprint density at radius 2 is 2.05 bits per heavy atom. The first-order valence-corrected chi connectivity index (χ1v) is 13.2. The summed E-state index contributed by atoms with van der Waals surface area (Å²) in [5, 5.41) is 6.57. The molecule has 0 aliphatic carbocycles. The van der Waals surface area contributed by atoms with Gasteiger partial charge in [-0.05, 0) is 63.4 Å². The van der Waals surface area contributed by atoms with Crippen molar-refractivity contribution in [2.75, 3.05) is 23.4 Å². The number of carbonyl (C=O) groups excluding carboxylic acids is 1. The van der Waals surface area contributed by atoms with Gasteiger partial charge in [-0.2, -0.15) is 9.49 Å². The van der Waals surface area contributed by atoms with Crippen LogP contribution in [0.2, 0.25) is 0 Å². The molecule has 4 aromatic rings. The largest absolute Gasteiger partial charge is 0.371 e. The minimum Gasteiger partial charge on any atom is -0.371 e. The number of aryl methyl sites for hydroxylation is 1. The Kier molecular flexibility index (Phi) is 5.80. The van der Waals surface area contributed by atoms with Crippen LogP contribution < -0.4 is 10.2 Å². The Morgan fingerprint density at radius 1 is 1.26 bits per heavy atom. The van der Waals surface area contributed by atoms with Gasteiger partial charge in [0.2, 0.25) is 5.95 Å². The normalized spacial score (nSPS) is 20.8. The SMILES string of the molecule is CC[C@]12C[C@H](CO1)N(c1cc(-c3cc(NC(=O)c4cnn(C(C)(C)C)c4F)c(F)cc3C)cn3ccnc13)C2. The molecular formula is C29H32F2N6O2. The highest BCUT2D eigenvalue weighted by Crippen LogP contribution is 2.44. The van der Waals surface area contributed by atoms with E-state index in [0.29, 0.717) is 12.2 Å². The fourth-order valence-corrected chi connectivity index (χ4v) is 5.81. The molecule has 1 amide bonds. The maximum Gasteiger partial charge on any atom is 0.262 e. The van der Waals surface area contributed by atoms with E-state index in [2.05, 4.69) is 33.3 Å². The summed E-state index contributed by atoms with van der Waals surface area (Å²) in [5.74, 6) is -2.13. The number of carbonyl (C=O) groups is 1. The summed E-state index contributed by atoms with van der Waals surface area (Å²) in [6.45, 7) is 10.8. The second kappa shape index (κ2) is 8.87. The van der Waals surface area contributed by atoms with E-state index in [0.717, 1.165) is 46.5 Å². The number of benzene rings is 1. The zero-order chi connectivity index (χ0) is 27.7. The summed E-state index contributed by atoms with van der Waals surface area (Å²) in [7, 11) is 0. The number of nitrogens with one attached hydrogen (secondary N) is 1. The number of nitrogens with zero attached hydrogens (tertiary/aromatic N) is 5. The highest BCUT2D eigenvalue weighted by molar-refractivity contribution is 6.04. The molecule has 39 heavy (non-hydrogen) atoms. The minimum absolute atomic E-state index is 0.0330. The van der Waals surface area contributed by atoms with E-state index in [1.165, 1.54) is 12.3 Å². The Morgan fingerprint density at radius 3 is 2.74 bits per heavy atom. The van der Waals surface area contributed by atoms with Crippen LogP contribution in [-0.4, -0.2) is 49.9 Å². The Balaban J connectivity index is 1.37. The van der Waals surface area contributed by atoms with Crippen LogP contribution in [0.3, 0.4) is 0 Å². The molecule has 1 N–H and O–H groups in total. The summed E-state index contributed by atoms with van der Waals surface area (Å²) < 4.78 is 39.2. The van der Waals surface area contributed by atoms with Gasteiger partial charge in [0, 0.05) is 37.1 Å². The summed E-state index contributed by atoms with van der Waals surface area (Å²) in [5.41, 5.74) is 3.09. The van der Waals surface area contributed by atoms with Gasteiger partial charge in [0.15, 0.2) is 5.65 Å². The molecule has 8 nitrogen and oxygen atoms in total. The molecular weight excluding hydrogens is 502 g/mol. The number of rotatable bonds is 5. The number of imidazole rings is 1. The zero-order valence-electron chi connectivity index (χ0n) is 22.8. The lowest BCUT2D eigenvalue weighted by Gasteiger charge is -2.34. The third-order valence-electron chi connectivity index (χ3n) is 7.97. The van der Waals surface area contributed by atoms with E-state index >= 15 is 4.39 Å². The molecule has 10 heteroatoms. The maximum atomic E-state index is 15.1. The molecule has 0 saturated carbocycles. The van der Waals surface area contributed by atoms with E-state index in [4.69, 9.17) is 4.74 Å². The molecule has 2 atom stereocenters. The lowest BCUT2D eigenvalue weighted by Crippen LogP contribution is -2.42. The van der Waals surface area contributed by atoms with E-state index < -0.39 is 23.2 Å². The highest BCUT2D eigenvalue weighted by Gasteiger charge is 2.50. The summed E-state index contributed by atoms with van der Waals surface area (Å²) >= 11 is 0. The second-order valence-corrected chi connectivity index (χ2v) is 11.6. The first-order valence-electron chi connectivity index (χ1n) is 13.2. The van der Waals surface area contributed by atoms with Crippen LogP contribution >= 0.6 is 0 Å². The summed E-state index contributed by atoms with van der Waals surface area (Å²) in [6.07, 6.45) is 8.69. The van der Waals surface area contributed by atoms with Gasteiger partial charge in [-0.1, -0.05) is 6.92 Å². The van der Waals surface area contributed by atoms with Crippen LogP contribution in [0.25, 0.3) is 16.8 Å². The van der Waals surface area contributed by atoms with Gasteiger partial charge in [-0.3, -0.25) is 4.79 Å².